The maximum Gasteiger partial charge on any atom is 0.0662 e. The van der Waals surface area contributed by atoms with E-state index in [9.17, 15) is 0 Å². The van der Waals surface area contributed by atoms with Crippen molar-refractivity contribution >= 4 is 0 Å². The summed E-state index contributed by atoms with van der Waals surface area (Å²) in [5.41, 5.74) is 1.32. The van der Waals surface area contributed by atoms with Gasteiger partial charge in [-0.2, -0.15) is 0 Å². The van der Waals surface area contributed by atoms with Gasteiger partial charge in [-0.1, -0.05) is 0 Å². The molecule has 1 N–H and O–H groups in total. The predicted octanol–water partition coefficient (Wildman–Crippen LogP) is 0.686. The van der Waals surface area contributed by atoms with E-state index in [1.807, 2.05) is 7.05 Å². The first-order valence-electron chi connectivity index (χ1n) is 4.29. The Bertz CT molecular complexity index is 251. The van der Waals surface area contributed by atoms with Crippen molar-refractivity contribution in [1.29, 1.82) is 0 Å². The number of aryl methyl sites for hydroxylation is 1. The summed E-state index contributed by atoms with van der Waals surface area (Å²) in [6.45, 7) is 2.59. The molecule has 0 spiro atoms. The molecule has 0 saturated carbocycles. The molecule has 0 aromatic carbocycles. The summed E-state index contributed by atoms with van der Waals surface area (Å²) in [5, 5.41) is 3.41. The lowest BCUT2D eigenvalue weighted by Gasteiger charge is -2.22. The van der Waals surface area contributed by atoms with Crippen LogP contribution in [0.3, 0.4) is 0 Å². The van der Waals surface area contributed by atoms with Crippen LogP contribution in [0.5, 0.6) is 0 Å². The van der Waals surface area contributed by atoms with E-state index in [1.54, 1.807) is 0 Å². The van der Waals surface area contributed by atoms with Gasteiger partial charge in [-0.3, -0.25) is 0 Å². The van der Waals surface area contributed by atoms with Crippen molar-refractivity contribution in [3.05, 3.63) is 24.0 Å². The van der Waals surface area contributed by atoms with Gasteiger partial charge in [0, 0.05) is 26.0 Å². The number of aromatic nitrogens is 1. The Morgan fingerprint density at radius 3 is 3.17 bits per heavy atom. The standard InChI is InChI=1S/C9H14N2O/c1-11-4-2-8(6-11)9-7-12-5-3-10-9/h2,4,6,9-10H,3,5,7H2,1H3. The molecule has 1 unspecified atom stereocenters. The van der Waals surface area contributed by atoms with Gasteiger partial charge in [0.25, 0.3) is 0 Å². The summed E-state index contributed by atoms with van der Waals surface area (Å²) >= 11 is 0. The van der Waals surface area contributed by atoms with Crippen LogP contribution in [-0.4, -0.2) is 24.3 Å². The van der Waals surface area contributed by atoms with Crippen LogP contribution in [0.25, 0.3) is 0 Å². The molecule has 3 nitrogen and oxygen atoms in total. The van der Waals surface area contributed by atoms with E-state index in [0.29, 0.717) is 6.04 Å². The summed E-state index contributed by atoms with van der Waals surface area (Å²) in [7, 11) is 2.03. The third kappa shape index (κ3) is 1.52. The number of morpholine rings is 1. The molecule has 1 aliphatic rings. The van der Waals surface area contributed by atoms with Gasteiger partial charge < -0.3 is 14.6 Å². The predicted molar refractivity (Wildman–Crippen MR) is 47.0 cm³/mol. The molecular formula is C9H14N2O. The maximum absolute atomic E-state index is 5.37. The smallest absolute Gasteiger partial charge is 0.0662 e. The molecule has 0 aliphatic carbocycles. The van der Waals surface area contributed by atoms with Crippen LogP contribution in [0.2, 0.25) is 0 Å². The highest BCUT2D eigenvalue weighted by molar-refractivity contribution is 5.15. The first-order chi connectivity index (χ1) is 5.86. The van der Waals surface area contributed by atoms with Crippen molar-refractivity contribution in [3.63, 3.8) is 0 Å². The highest BCUT2D eigenvalue weighted by atomic mass is 16.5. The van der Waals surface area contributed by atoms with Crippen LogP contribution in [0.1, 0.15) is 11.6 Å². The maximum atomic E-state index is 5.37. The minimum atomic E-state index is 0.389. The lowest BCUT2D eigenvalue weighted by Crippen LogP contribution is -2.34. The first kappa shape index (κ1) is 7.83. The molecule has 2 heterocycles. The molecule has 66 valence electrons. The molecule has 3 heteroatoms. The number of hydrogen-bond donors (Lipinski definition) is 1. The number of hydrogen-bond acceptors (Lipinski definition) is 2. The summed E-state index contributed by atoms with van der Waals surface area (Å²) in [6.07, 6.45) is 4.19. The molecule has 2 rings (SSSR count). The third-order valence-corrected chi connectivity index (χ3v) is 2.18. The van der Waals surface area contributed by atoms with Gasteiger partial charge >= 0.3 is 0 Å². The van der Waals surface area contributed by atoms with Gasteiger partial charge in [0.1, 0.15) is 0 Å². The van der Waals surface area contributed by atoms with Crippen LogP contribution >= 0.6 is 0 Å². The quantitative estimate of drug-likeness (QED) is 0.664. The molecule has 1 saturated heterocycles. The topological polar surface area (TPSA) is 26.2 Å². The van der Waals surface area contributed by atoms with E-state index in [0.717, 1.165) is 19.8 Å². The van der Waals surface area contributed by atoms with E-state index in [2.05, 4.69) is 28.3 Å². The van der Waals surface area contributed by atoms with Crippen molar-refractivity contribution in [3.8, 4) is 0 Å². The average molecular weight is 166 g/mol. The molecule has 0 amide bonds. The van der Waals surface area contributed by atoms with Crippen molar-refractivity contribution in [2.45, 2.75) is 6.04 Å². The summed E-state index contributed by atoms with van der Waals surface area (Å²) in [6, 6.07) is 2.52. The van der Waals surface area contributed by atoms with Gasteiger partial charge in [-0.05, 0) is 11.6 Å². The van der Waals surface area contributed by atoms with Gasteiger partial charge in [0.15, 0.2) is 0 Å². The fourth-order valence-corrected chi connectivity index (χ4v) is 1.51. The molecular weight excluding hydrogens is 152 g/mol. The number of ether oxygens (including phenoxy) is 1. The lowest BCUT2D eigenvalue weighted by atomic mass is 10.1. The van der Waals surface area contributed by atoms with Gasteiger partial charge in [0.2, 0.25) is 0 Å². The van der Waals surface area contributed by atoms with E-state index in [4.69, 9.17) is 4.74 Å². The SMILES string of the molecule is Cn1ccc(C2COCCN2)c1. The Morgan fingerprint density at radius 1 is 1.67 bits per heavy atom. The average Bonchev–Trinajstić information content (AvgIpc) is 2.54. The molecule has 0 radical (unpaired) electrons. The zero-order valence-corrected chi connectivity index (χ0v) is 7.29. The second-order valence-electron chi connectivity index (χ2n) is 3.19. The normalized spacial score (nSPS) is 24.2. The minimum Gasteiger partial charge on any atom is -0.378 e. The van der Waals surface area contributed by atoms with E-state index in [-0.39, 0.29) is 0 Å². The zero-order valence-electron chi connectivity index (χ0n) is 7.29. The van der Waals surface area contributed by atoms with E-state index in [1.165, 1.54) is 5.56 Å². The van der Waals surface area contributed by atoms with Crippen molar-refractivity contribution < 1.29 is 4.74 Å². The fourth-order valence-electron chi connectivity index (χ4n) is 1.51. The molecule has 1 atom stereocenters. The fraction of sp³-hybridized carbons (Fsp3) is 0.556. The van der Waals surface area contributed by atoms with Crippen LogP contribution in [0.15, 0.2) is 18.5 Å². The summed E-state index contributed by atoms with van der Waals surface area (Å²) < 4.78 is 7.44. The molecule has 0 bridgehead atoms. The molecule has 1 aromatic rings. The van der Waals surface area contributed by atoms with Crippen LogP contribution in [0, 0.1) is 0 Å². The third-order valence-electron chi connectivity index (χ3n) is 2.18. The highest BCUT2D eigenvalue weighted by Crippen LogP contribution is 2.15. The van der Waals surface area contributed by atoms with E-state index < -0.39 is 0 Å². The van der Waals surface area contributed by atoms with Crippen molar-refractivity contribution in [2.75, 3.05) is 19.8 Å². The van der Waals surface area contributed by atoms with Crippen LogP contribution in [-0.2, 0) is 11.8 Å². The zero-order chi connectivity index (χ0) is 8.39. The Labute approximate surface area is 72.3 Å². The lowest BCUT2D eigenvalue weighted by molar-refractivity contribution is 0.0769. The van der Waals surface area contributed by atoms with Gasteiger partial charge in [0.05, 0.1) is 19.3 Å². The number of rotatable bonds is 1. The van der Waals surface area contributed by atoms with E-state index >= 15 is 0 Å². The van der Waals surface area contributed by atoms with Crippen molar-refractivity contribution in [1.82, 2.24) is 9.88 Å². The summed E-state index contributed by atoms with van der Waals surface area (Å²) in [5.74, 6) is 0. The van der Waals surface area contributed by atoms with Crippen LogP contribution in [0.4, 0.5) is 0 Å². The monoisotopic (exact) mass is 166 g/mol. The second kappa shape index (κ2) is 3.29. The summed E-state index contributed by atoms with van der Waals surface area (Å²) in [4.78, 5) is 0. The Hall–Kier alpha value is -0.800. The highest BCUT2D eigenvalue weighted by Gasteiger charge is 2.15. The Balaban J connectivity index is 2.08. The molecule has 1 aromatic heterocycles. The Kier molecular flexibility index (Phi) is 2.15. The molecule has 12 heavy (non-hydrogen) atoms. The van der Waals surface area contributed by atoms with Gasteiger partial charge in [-0.15, -0.1) is 0 Å². The molecule has 1 aliphatic heterocycles. The van der Waals surface area contributed by atoms with Crippen molar-refractivity contribution in [2.24, 2.45) is 7.05 Å². The van der Waals surface area contributed by atoms with Crippen LogP contribution < -0.4 is 5.32 Å². The largest absolute Gasteiger partial charge is 0.378 e. The second-order valence-corrected chi connectivity index (χ2v) is 3.19. The molecule has 1 fully saturated rings. The first-order valence-corrected chi connectivity index (χ1v) is 4.29. The minimum absolute atomic E-state index is 0.389. The number of nitrogens with zero attached hydrogens (tertiary/aromatic N) is 1. The Morgan fingerprint density at radius 2 is 2.58 bits per heavy atom. The number of nitrogens with one attached hydrogen (secondary N) is 1. The van der Waals surface area contributed by atoms with Gasteiger partial charge in [-0.25, -0.2) is 0 Å².